The van der Waals surface area contributed by atoms with Gasteiger partial charge < -0.3 is 15.0 Å². The minimum absolute atomic E-state index is 0.267. The topological polar surface area (TPSA) is 62.6 Å². The van der Waals surface area contributed by atoms with Crippen molar-refractivity contribution < 1.29 is 9.53 Å². The summed E-state index contributed by atoms with van der Waals surface area (Å²) in [6.45, 7) is 8.75. The molecule has 4 rings (SSSR count). The van der Waals surface area contributed by atoms with Gasteiger partial charge in [-0.05, 0) is 57.3 Å². The van der Waals surface area contributed by atoms with Gasteiger partial charge in [0.1, 0.15) is 5.00 Å². The predicted octanol–water partition coefficient (Wildman–Crippen LogP) is 3.28. The van der Waals surface area contributed by atoms with E-state index in [2.05, 4.69) is 34.1 Å². The van der Waals surface area contributed by atoms with Crippen LogP contribution in [0.3, 0.4) is 0 Å². The number of aryl methyl sites for hydroxylation is 3. The highest BCUT2D eigenvalue weighted by Crippen LogP contribution is 2.38. The Morgan fingerprint density at radius 2 is 1.90 bits per heavy atom. The first-order valence-corrected chi connectivity index (χ1v) is 12.1. The van der Waals surface area contributed by atoms with Crippen LogP contribution in [-0.2, 0) is 31.2 Å². The smallest absolute Gasteiger partial charge is 0.341 e. The average molecular weight is 462 g/mol. The van der Waals surface area contributed by atoms with Gasteiger partial charge in [-0.2, -0.15) is 5.10 Å². The molecule has 7 nitrogen and oxygen atoms in total. The molecule has 1 aliphatic heterocycles. The predicted molar refractivity (Wildman–Crippen MR) is 128 cm³/mol. The van der Waals surface area contributed by atoms with Crippen molar-refractivity contribution in [3.8, 4) is 0 Å². The Hall–Kier alpha value is -1.97. The molecule has 2 aliphatic rings. The zero-order chi connectivity index (χ0) is 22.1. The van der Waals surface area contributed by atoms with E-state index in [1.807, 2.05) is 11.7 Å². The van der Waals surface area contributed by atoms with Gasteiger partial charge in [0.2, 0.25) is 0 Å². The molecular weight excluding hydrogens is 430 g/mol. The van der Waals surface area contributed by atoms with Gasteiger partial charge >= 0.3 is 5.97 Å². The highest BCUT2D eigenvalue weighted by molar-refractivity contribution is 7.80. The van der Waals surface area contributed by atoms with Crippen molar-refractivity contribution in [1.82, 2.24) is 19.6 Å². The Morgan fingerprint density at radius 3 is 2.55 bits per heavy atom. The van der Waals surface area contributed by atoms with Crippen molar-refractivity contribution in [3.05, 3.63) is 33.0 Å². The van der Waals surface area contributed by atoms with Gasteiger partial charge in [0, 0.05) is 55.9 Å². The van der Waals surface area contributed by atoms with Crippen LogP contribution in [0, 0.1) is 13.8 Å². The molecule has 0 atom stereocenters. The number of carbonyl (C=O) groups excluding carboxylic acids is 1. The molecular formula is C22H31N5O2S2. The van der Waals surface area contributed by atoms with Crippen molar-refractivity contribution in [3.63, 3.8) is 0 Å². The minimum Gasteiger partial charge on any atom is -0.465 e. The molecule has 2 aromatic heterocycles. The summed E-state index contributed by atoms with van der Waals surface area (Å²) in [4.78, 5) is 18.4. The number of nitrogens with one attached hydrogen (secondary N) is 1. The van der Waals surface area contributed by atoms with Gasteiger partial charge in [0.15, 0.2) is 5.11 Å². The molecule has 0 bridgehead atoms. The molecule has 0 radical (unpaired) electrons. The molecule has 9 heteroatoms. The van der Waals surface area contributed by atoms with Crippen LogP contribution in [0.15, 0.2) is 0 Å². The molecule has 0 aromatic carbocycles. The number of hydrogen-bond donors (Lipinski definition) is 1. The number of nitrogens with zero attached hydrogens (tertiary/aromatic N) is 4. The standard InChI is InChI=1S/C22H31N5O2S2/c1-14-17(15(2)25(3)24-14)13-26-9-11-27(12-10-26)22(30)23-20-19(21(28)29-4)16-7-5-6-8-18(16)31-20/h5-13H2,1-4H3,(H,23,30). The van der Waals surface area contributed by atoms with E-state index >= 15 is 0 Å². The number of methoxy groups -OCH3 is 1. The Morgan fingerprint density at radius 1 is 1.19 bits per heavy atom. The van der Waals surface area contributed by atoms with E-state index in [-0.39, 0.29) is 5.97 Å². The van der Waals surface area contributed by atoms with Crippen molar-refractivity contribution >= 4 is 39.6 Å². The lowest BCUT2D eigenvalue weighted by molar-refractivity contribution is 0.0601. The Bertz CT molecular complexity index is 989. The molecule has 31 heavy (non-hydrogen) atoms. The monoisotopic (exact) mass is 461 g/mol. The molecule has 3 heterocycles. The second kappa shape index (κ2) is 9.26. The summed E-state index contributed by atoms with van der Waals surface area (Å²) in [5.74, 6) is -0.267. The summed E-state index contributed by atoms with van der Waals surface area (Å²) in [5, 5.41) is 9.45. The van der Waals surface area contributed by atoms with Crippen molar-refractivity contribution in [2.45, 2.75) is 46.1 Å². The highest BCUT2D eigenvalue weighted by Gasteiger charge is 2.28. The summed E-state index contributed by atoms with van der Waals surface area (Å²) in [5.41, 5.74) is 5.50. The molecule has 1 N–H and O–H groups in total. The number of carbonyl (C=O) groups is 1. The van der Waals surface area contributed by atoms with E-state index < -0.39 is 0 Å². The summed E-state index contributed by atoms with van der Waals surface area (Å²) < 4.78 is 7.04. The lowest BCUT2D eigenvalue weighted by Crippen LogP contribution is -2.49. The maximum Gasteiger partial charge on any atom is 0.341 e. The lowest BCUT2D eigenvalue weighted by atomic mass is 9.95. The third-order valence-corrected chi connectivity index (χ3v) is 8.05. The third kappa shape index (κ3) is 4.49. The van der Waals surface area contributed by atoms with Gasteiger partial charge in [0.25, 0.3) is 0 Å². The van der Waals surface area contributed by atoms with Crippen molar-refractivity contribution in [2.75, 3.05) is 38.6 Å². The lowest BCUT2D eigenvalue weighted by Gasteiger charge is -2.36. The van der Waals surface area contributed by atoms with E-state index in [1.165, 1.54) is 29.7 Å². The normalized spacial score (nSPS) is 16.8. The largest absolute Gasteiger partial charge is 0.465 e. The van der Waals surface area contributed by atoms with Crippen LogP contribution in [-0.4, -0.2) is 64.0 Å². The van der Waals surface area contributed by atoms with E-state index in [4.69, 9.17) is 17.0 Å². The summed E-state index contributed by atoms with van der Waals surface area (Å²) in [6, 6.07) is 0. The van der Waals surface area contributed by atoms with Gasteiger partial charge in [-0.25, -0.2) is 4.79 Å². The maximum absolute atomic E-state index is 12.5. The molecule has 1 aliphatic carbocycles. The first kappa shape index (κ1) is 22.2. The molecule has 0 saturated carbocycles. The Labute approximate surface area is 193 Å². The summed E-state index contributed by atoms with van der Waals surface area (Å²) in [7, 11) is 3.45. The molecule has 168 valence electrons. The fraction of sp³-hybridized carbons (Fsp3) is 0.591. The van der Waals surface area contributed by atoms with Crippen molar-refractivity contribution in [2.24, 2.45) is 7.05 Å². The zero-order valence-electron chi connectivity index (χ0n) is 18.8. The second-order valence-corrected chi connectivity index (χ2v) is 9.86. The second-order valence-electron chi connectivity index (χ2n) is 8.37. The molecule has 1 saturated heterocycles. The van der Waals surface area contributed by atoms with E-state index in [9.17, 15) is 4.79 Å². The van der Waals surface area contributed by atoms with Gasteiger partial charge in [0.05, 0.1) is 18.4 Å². The highest BCUT2D eigenvalue weighted by atomic mass is 32.1. The number of fused-ring (bicyclic) bond motifs is 1. The third-order valence-electron chi connectivity index (χ3n) is 6.48. The molecule has 0 amide bonds. The number of aromatic nitrogens is 2. The number of thiocarbonyl (C=S) groups is 1. The van der Waals surface area contributed by atoms with E-state index in [0.717, 1.165) is 68.2 Å². The number of piperazine rings is 1. The number of anilines is 1. The fourth-order valence-electron chi connectivity index (χ4n) is 4.53. The Kier molecular flexibility index (Phi) is 6.64. The maximum atomic E-state index is 12.5. The van der Waals surface area contributed by atoms with Gasteiger partial charge in [-0.3, -0.25) is 9.58 Å². The van der Waals surface area contributed by atoms with Gasteiger partial charge in [-0.1, -0.05) is 0 Å². The van der Waals surface area contributed by atoms with Crippen LogP contribution in [0.25, 0.3) is 0 Å². The molecule has 2 aromatic rings. The number of esters is 1. The van der Waals surface area contributed by atoms with Crippen LogP contribution in [0.2, 0.25) is 0 Å². The fourth-order valence-corrected chi connectivity index (χ4v) is 6.15. The van der Waals surface area contributed by atoms with Crippen molar-refractivity contribution in [1.29, 1.82) is 0 Å². The first-order chi connectivity index (χ1) is 14.9. The summed E-state index contributed by atoms with van der Waals surface area (Å²) in [6.07, 6.45) is 4.27. The zero-order valence-corrected chi connectivity index (χ0v) is 20.4. The average Bonchev–Trinajstić information content (AvgIpc) is 3.25. The summed E-state index contributed by atoms with van der Waals surface area (Å²) >= 11 is 7.39. The van der Waals surface area contributed by atoms with Crippen LogP contribution in [0.4, 0.5) is 5.00 Å². The minimum atomic E-state index is -0.267. The number of hydrogen-bond acceptors (Lipinski definition) is 6. The molecule has 0 unspecified atom stereocenters. The van der Waals surface area contributed by atoms with E-state index in [1.54, 1.807) is 11.3 Å². The SMILES string of the molecule is COC(=O)c1c(NC(=S)N2CCN(Cc3c(C)nn(C)c3C)CC2)sc2c1CCCC2. The Balaban J connectivity index is 1.40. The number of rotatable bonds is 4. The van der Waals surface area contributed by atoms with E-state index in [0.29, 0.717) is 10.7 Å². The van der Waals surface area contributed by atoms with Crippen LogP contribution < -0.4 is 5.32 Å². The molecule has 0 spiro atoms. The first-order valence-electron chi connectivity index (χ1n) is 10.9. The van der Waals surface area contributed by atoms with Crippen LogP contribution in [0.5, 0.6) is 0 Å². The number of ether oxygens (including phenoxy) is 1. The van der Waals surface area contributed by atoms with Gasteiger partial charge in [-0.15, -0.1) is 11.3 Å². The number of thiophene rings is 1. The molecule has 1 fully saturated rings. The quantitative estimate of drug-likeness (QED) is 0.554. The van der Waals surface area contributed by atoms with Crippen LogP contribution in [0.1, 0.15) is 50.6 Å². The van der Waals surface area contributed by atoms with Crippen LogP contribution >= 0.6 is 23.6 Å².